The van der Waals surface area contributed by atoms with Gasteiger partial charge in [-0.05, 0) is 66.0 Å². The highest BCUT2D eigenvalue weighted by atomic mass is 16.5. The largest absolute Gasteiger partial charge is 0.497 e. The molecule has 1 aliphatic rings. The number of rotatable bonds is 5. The van der Waals surface area contributed by atoms with E-state index in [2.05, 4.69) is 32.9 Å². The number of carbonyl (C=O) groups excluding carboxylic acids is 2. The standard InChI is InChI=1S/C25H30O4/c1-17-14-24(3,4)16-25(15-17,19-6-10-21(28-5)11-7-19)20-8-12-22(13-9-20)29-23(27)18(2)26/h6-13,17H,14-16H2,1-5H3. The fourth-order valence-corrected chi connectivity index (χ4v) is 5.11. The molecule has 0 spiro atoms. The van der Waals surface area contributed by atoms with E-state index in [1.807, 2.05) is 24.3 Å². The minimum Gasteiger partial charge on any atom is -0.497 e. The van der Waals surface area contributed by atoms with Crippen molar-refractivity contribution in [3.05, 3.63) is 59.7 Å². The third-order valence-corrected chi connectivity index (χ3v) is 5.93. The Morgan fingerprint density at radius 2 is 1.41 bits per heavy atom. The van der Waals surface area contributed by atoms with Crippen LogP contribution >= 0.6 is 0 Å². The van der Waals surface area contributed by atoms with Crippen LogP contribution in [0.4, 0.5) is 0 Å². The molecule has 3 rings (SSSR count). The average Bonchev–Trinajstić information content (AvgIpc) is 2.66. The highest BCUT2D eigenvalue weighted by Crippen LogP contribution is 2.53. The first-order valence-corrected chi connectivity index (χ1v) is 10.1. The number of benzene rings is 2. The van der Waals surface area contributed by atoms with Gasteiger partial charge in [0, 0.05) is 12.3 Å². The summed E-state index contributed by atoms with van der Waals surface area (Å²) in [5.74, 6) is 0.373. The highest BCUT2D eigenvalue weighted by molar-refractivity contribution is 6.33. The molecule has 1 saturated carbocycles. The predicted octanol–water partition coefficient (Wildman–Crippen LogP) is 5.32. The molecular weight excluding hydrogens is 364 g/mol. The lowest BCUT2D eigenvalue weighted by atomic mass is 9.55. The van der Waals surface area contributed by atoms with Gasteiger partial charge in [-0.2, -0.15) is 0 Å². The Balaban J connectivity index is 2.03. The van der Waals surface area contributed by atoms with E-state index in [9.17, 15) is 9.59 Å². The maximum Gasteiger partial charge on any atom is 0.379 e. The summed E-state index contributed by atoms with van der Waals surface area (Å²) in [5.41, 5.74) is 2.55. The van der Waals surface area contributed by atoms with Crippen LogP contribution in [0.25, 0.3) is 0 Å². The SMILES string of the molecule is COc1ccc(C2(c3ccc(OC(=O)C(C)=O)cc3)CC(C)CC(C)(C)C2)cc1. The van der Waals surface area contributed by atoms with Crippen molar-refractivity contribution in [3.63, 3.8) is 0 Å². The van der Waals surface area contributed by atoms with Crippen LogP contribution in [0.3, 0.4) is 0 Å². The molecule has 0 saturated heterocycles. The van der Waals surface area contributed by atoms with E-state index in [1.165, 1.54) is 24.5 Å². The molecule has 2 aromatic carbocycles. The van der Waals surface area contributed by atoms with E-state index in [-0.39, 0.29) is 10.8 Å². The van der Waals surface area contributed by atoms with Crippen molar-refractivity contribution in [2.24, 2.45) is 11.3 Å². The van der Waals surface area contributed by atoms with Crippen LogP contribution < -0.4 is 9.47 Å². The van der Waals surface area contributed by atoms with E-state index in [4.69, 9.17) is 9.47 Å². The molecule has 0 bridgehead atoms. The molecule has 4 nitrogen and oxygen atoms in total. The maximum atomic E-state index is 11.6. The van der Waals surface area contributed by atoms with Gasteiger partial charge in [0.1, 0.15) is 11.5 Å². The van der Waals surface area contributed by atoms with Gasteiger partial charge in [-0.3, -0.25) is 4.79 Å². The zero-order valence-corrected chi connectivity index (χ0v) is 18.0. The summed E-state index contributed by atoms with van der Waals surface area (Å²) in [7, 11) is 1.68. The molecule has 0 radical (unpaired) electrons. The zero-order chi connectivity index (χ0) is 21.2. The molecular formula is C25H30O4. The van der Waals surface area contributed by atoms with Crippen LogP contribution in [-0.4, -0.2) is 18.9 Å². The first-order chi connectivity index (χ1) is 13.6. The molecule has 1 fully saturated rings. The van der Waals surface area contributed by atoms with Crippen molar-refractivity contribution in [2.45, 2.75) is 52.4 Å². The minimum atomic E-state index is -0.838. The summed E-state index contributed by atoms with van der Waals surface area (Å²) in [6.07, 6.45) is 3.28. The number of hydrogen-bond acceptors (Lipinski definition) is 4. The maximum absolute atomic E-state index is 11.6. The molecule has 154 valence electrons. The Kier molecular flexibility index (Phi) is 5.83. The second-order valence-corrected chi connectivity index (χ2v) is 9.14. The number of ketones is 1. The minimum absolute atomic E-state index is 0.128. The molecule has 2 aromatic rings. The topological polar surface area (TPSA) is 52.6 Å². The van der Waals surface area contributed by atoms with Gasteiger partial charge in [-0.25, -0.2) is 4.79 Å². The molecule has 2 atom stereocenters. The van der Waals surface area contributed by atoms with Crippen LogP contribution in [0.1, 0.15) is 58.1 Å². The summed E-state index contributed by atoms with van der Waals surface area (Å²) in [5, 5.41) is 0. The van der Waals surface area contributed by atoms with Crippen LogP contribution in [0.2, 0.25) is 0 Å². The van der Waals surface area contributed by atoms with Crippen molar-refractivity contribution in [2.75, 3.05) is 7.11 Å². The third-order valence-electron chi connectivity index (χ3n) is 5.93. The van der Waals surface area contributed by atoms with Gasteiger partial charge in [0.15, 0.2) is 0 Å². The summed E-state index contributed by atoms with van der Waals surface area (Å²) >= 11 is 0. The third kappa shape index (κ3) is 4.52. The smallest absolute Gasteiger partial charge is 0.379 e. The lowest BCUT2D eigenvalue weighted by Gasteiger charge is -2.48. The van der Waals surface area contributed by atoms with Crippen molar-refractivity contribution >= 4 is 11.8 Å². The van der Waals surface area contributed by atoms with Gasteiger partial charge < -0.3 is 9.47 Å². The molecule has 0 aromatic heterocycles. The van der Waals surface area contributed by atoms with Crippen LogP contribution in [0.15, 0.2) is 48.5 Å². The van der Waals surface area contributed by atoms with Gasteiger partial charge in [-0.15, -0.1) is 0 Å². The zero-order valence-electron chi connectivity index (χ0n) is 18.0. The molecule has 0 aliphatic heterocycles. The predicted molar refractivity (Wildman–Crippen MR) is 113 cm³/mol. The summed E-state index contributed by atoms with van der Waals surface area (Å²) in [4.78, 5) is 22.8. The summed E-state index contributed by atoms with van der Waals surface area (Å²) in [6.45, 7) is 8.21. The Morgan fingerprint density at radius 3 is 1.86 bits per heavy atom. The van der Waals surface area contributed by atoms with Crippen LogP contribution in [-0.2, 0) is 15.0 Å². The molecule has 0 heterocycles. The Bertz CT molecular complexity index is 880. The number of ether oxygens (including phenoxy) is 2. The molecule has 4 heteroatoms. The Labute approximate surface area is 173 Å². The van der Waals surface area contributed by atoms with E-state index < -0.39 is 11.8 Å². The molecule has 2 unspecified atom stereocenters. The van der Waals surface area contributed by atoms with Gasteiger partial charge >= 0.3 is 5.97 Å². The molecule has 1 aliphatic carbocycles. The van der Waals surface area contributed by atoms with Gasteiger partial charge in [0.25, 0.3) is 0 Å². The number of hydrogen-bond donors (Lipinski definition) is 0. The average molecular weight is 395 g/mol. The van der Waals surface area contributed by atoms with Crippen LogP contribution in [0, 0.1) is 11.3 Å². The normalized spacial score (nSPS) is 23.3. The van der Waals surface area contributed by atoms with E-state index in [1.54, 1.807) is 19.2 Å². The summed E-state index contributed by atoms with van der Waals surface area (Å²) in [6, 6.07) is 16.0. The van der Waals surface area contributed by atoms with Crippen LogP contribution in [0.5, 0.6) is 11.5 Å². The Morgan fingerprint density at radius 1 is 0.897 bits per heavy atom. The second kappa shape index (κ2) is 8.02. The highest BCUT2D eigenvalue weighted by Gasteiger charge is 2.45. The van der Waals surface area contributed by atoms with E-state index >= 15 is 0 Å². The van der Waals surface area contributed by atoms with Gasteiger partial charge in [0.05, 0.1) is 7.11 Å². The lowest BCUT2D eigenvalue weighted by Crippen LogP contribution is -2.41. The van der Waals surface area contributed by atoms with Gasteiger partial charge in [0.2, 0.25) is 5.78 Å². The monoisotopic (exact) mass is 394 g/mol. The number of carbonyl (C=O) groups is 2. The second-order valence-electron chi connectivity index (χ2n) is 9.14. The van der Waals surface area contributed by atoms with Crippen molar-refractivity contribution in [3.8, 4) is 11.5 Å². The fraction of sp³-hybridized carbons (Fsp3) is 0.440. The first kappa shape index (κ1) is 21.1. The van der Waals surface area contributed by atoms with E-state index in [0.717, 1.165) is 18.6 Å². The van der Waals surface area contributed by atoms with E-state index in [0.29, 0.717) is 11.7 Å². The molecule has 0 amide bonds. The number of methoxy groups -OCH3 is 1. The van der Waals surface area contributed by atoms with Crippen molar-refractivity contribution < 1.29 is 19.1 Å². The quantitative estimate of drug-likeness (QED) is 0.391. The molecule has 29 heavy (non-hydrogen) atoms. The molecule has 0 N–H and O–H groups in total. The van der Waals surface area contributed by atoms with Crippen molar-refractivity contribution in [1.29, 1.82) is 0 Å². The number of Topliss-reactive ketones (excluding diaryl/α,β-unsaturated/α-hetero) is 1. The van der Waals surface area contributed by atoms with Gasteiger partial charge in [-0.1, -0.05) is 45.0 Å². The Hall–Kier alpha value is -2.62. The first-order valence-electron chi connectivity index (χ1n) is 10.1. The van der Waals surface area contributed by atoms with Crippen molar-refractivity contribution in [1.82, 2.24) is 0 Å². The lowest BCUT2D eigenvalue weighted by molar-refractivity contribution is -0.146. The summed E-state index contributed by atoms with van der Waals surface area (Å²) < 4.78 is 10.5. The fourth-order valence-electron chi connectivity index (χ4n) is 5.11. The number of esters is 1.